The first-order valence-electron chi connectivity index (χ1n) is 5.46. The van der Waals surface area contributed by atoms with E-state index in [0.717, 1.165) is 16.8 Å². The third-order valence-corrected chi connectivity index (χ3v) is 2.43. The van der Waals surface area contributed by atoms with Gasteiger partial charge in [-0.05, 0) is 36.8 Å². The van der Waals surface area contributed by atoms with E-state index in [9.17, 15) is 4.79 Å². The molecule has 2 aromatic rings. The van der Waals surface area contributed by atoms with Crippen molar-refractivity contribution >= 4 is 17.9 Å². The van der Waals surface area contributed by atoms with Crippen LogP contribution in [-0.4, -0.2) is 10.8 Å². The van der Waals surface area contributed by atoms with E-state index in [1.165, 1.54) is 0 Å². The SMILES string of the molecule is CC(=O)c1cccc(/C=C/c2ccccn2)c1. The molecule has 17 heavy (non-hydrogen) atoms. The second kappa shape index (κ2) is 5.21. The first-order valence-corrected chi connectivity index (χ1v) is 5.46. The molecule has 0 bridgehead atoms. The molecule has 0 aliphatic rings. The Labute approximate surface area is 101 Å². The Bertz CT molecular complexity index is 544. The van der Waals surface area contributed by atoms with Crippen LogP contribution in [0.15, 0.2) is 48.7 Å². The van der Waals surface area contributed by atoms with E-state index in [4.69, 9.17) is 0 Å². The number of pyridine rings is 1. The molecule has 2 rings (SSSR count). The summed E-state index contributed by atoms with van der Waals surface area (Å²) in [5.41, 5.74) is 2.64. The zero-order valence-corrected chi connectivity index (χ0v) is 9.63. The molecule has 0 fully saturated rings. The molecule has 0 aliphatic carbocycles. The minimum Gasteiger partial charge on any atom is -0.295 e. The topological polar surface area (TPSA) is 30.0 Å². The summed E-state index contributed by atoms with van der Waals surface area (Å²) in [6.07, 6.45) is 5.64. The average molecular weight is 223 g/mol. The molecule has 84 valence electrons. The summed E-state index contributed by atoms with van der Waals surface area (Å²) in [6.45, 7) is 1.57. The number of carbonyl (C=O) groups is 1. The van der Waals surface area contributed by atoms with E-state index in [1.54, 1.807) is 13.1 Å². The molecule has 0 N–H and O–H groups in total. The highest BCUT2D eigenvalue weighted by atomic mass is 16.1. The quantitative estimate of drug-likeness (QED) is 0.746. The van der Waals surface area contributed by atoms with E-state index < -0.39 is 0 Å². The molecular weight excluding hydrogens is 210 g/mol. The van der Waals surface area contributed by atoms with Crippen molar-refractivity contribution in [3.05, 3.63) is 65.5 Å². The largest absolute Gasteiger partial charge is 0.295 e. The van der Waals surface area contributed by atoms with Gasteiger partial charge in [0, 0.05) is 11.8 Å². The highest BCUT2D eigenvalue weighted by molar-refractivity contribution is 5.94. The van der Waals surface area contributed by atoms with Gasteiger partial charge in [0.15, 0.2) is 5.78 Å². The van der Waals surface area contributed by atoms with Crippen LogP contribution < -0.4 is 0 Å². The fourth-order valence-corrected chi connectivity index (χ4v) is 1.52. The van der Waals surface area contributed by atoms with Gasteiger partial charge in [0.25, 0.3) is 0 Å². The molecule has 0 saturated heterocycles. The molecule has 0 atom stereocenters. The predicted octanol–water partition coefficient (Wildman–Crippen LogP) is 3.45. The molecule has 1 aromatic heterocycles. The maximum atomic E-state index is 11.2. The van der Waals surface area contributed by atoms with Gasteiger partial charge >= 0.3 is 0 Å². The number of benzene rings is 1. The van der Waals surface area contributed by atoms with E-state index >= 15 is 0 Å². The van der Waals surface area contributed by atoms with Gasteiger partial charge in [-0.1, -0.05) is 30.3 Å². The Kier molecular flexibility index (Phi) is 3.46. The van der Waals surface area contributed by atoms with Crippen LogP contribution >= 0.6 is 0 Å². The Morgan fingerprint density at radius 2 is 2.00 bits per heavy atom. The lowest BCUT2D eigenvalue weighted by atomic mass is 10.1. The van der Waals surface area contributed by atoms with Crippen molar-refractivity contribution in [3.63, 3.8) is 0 Å². The van der Waals surface area contributed by atoms with Gasteiger partial charge in [0.2, 0.25) is 0 Å². The number of hydrogen-bond acceptors (Lipinski definition) is 2. The van der Waals surface area contributed by atoms with Gasteiger partial charge in [0.05, 0.1) is 5.69 Å². The fourth-order valence-electron chi connectivity index (χ4n) is 1.52. The van der Waals surface area contributed by atoms with E-state index in [0.29, 0.717) is 0 Å². The van der Waals surface area contributed by atoms with Gasteiger partial charge in [-0.3, -0.25) is 9.78 Å². The van der Waals surface area contributed by atoms with Crippen LogP contribution in [0.1, 0.15) is 28.5 Å². The molecule has 0 amide bonds. The van der Waals surface area contributed by atoms with Crippen LogP contribution in [0.3, 0.4) is 0 Å². The zero-order chi connectivity index (χ0) is 12.1. The van der Waals surface area contributed by atoms with Gasteiger partial charge < -0.3 is 0 Å². The maximum absolute atomic E-state index is 11.2. The van der Waals surface area contributed by atoms with E-state index in [1.807, 2.05) is 54.6 Å². The van der Waals surface area contributed by atoms with Gasteiger partial charge in [-0.15, -0.1) is 0 Å². The Balaban J connectivity index is 2.22. The summed E-state index contributed by atoms with van der Waals surface area (Å²) in [7, 11) is 0. The van der Waals surface area contributed by atoms with Crippen LogP contribution in [0.25, 0.3) is 12.2 Å². The van der Waals surface area contributed by atoms with Crippen molar-refractivity contribution < 1.29 is 4.79 Å². The predicted molar refractivity (Wildman–Crippen MR) is 69.6 cm³/mol. The number of aromatic nitrogens is 1. The normalized spacial score (nSPS) is 10.6. The molecule has 0 saturated carbocycles. The summed E-state index contributed by atoms with van der Waals surface area (Å²) in [5, 5.41) is 0. The Hall–Kier alpha value is -2.22. The molecule has 0 radical (unpaired) electrons. The first kappa shape index (κ1) is 11.3. The number of rotatable bonds is 3. The van der Waals surface area contributed by atoms with Crippen molar-refractivity contribution in [1.82, 2.24) is 4.98 Å². The average Bonchev–Trinajstić information content (AvgIpc) is 2.38. The van der Waals surface area contributed by atoms with Gasteiger partial charge in [-0.25, -0.2) is 0 Å². The van der Waals surface area contributed by atoms with Crippen molar-refractivity contribution in [2.24, 2.45) is 0 Å². The lowest BCUT2D eigenvalue weighted by Crippen LogP contribution is -1.91. The number of hydrogen-bond donors (Lipinski definition) is 0. The summed E-state index contributed by atoms with van der Waals surface area (Å²) < 4.78 is 0. The van der Waals surface area contributed by atoms with Gasteiger partial charge in [-0.2, -0.15) is 0 Å². The summed E-state index contributed by atoms with van der Waals surface area (Å²) in [6, 6.07) is 13.3. The van der Waals surface area contributed by atoms with Crippen LogP contribution in [0.5, 0.6) is 0 Å². The van der Waals surface area contributed by atoms with E-state index in [-0.39, 0.29) is 5.78 Å². The number of ketones is 1. The van der Waals surface area contributed by atoms with Crippen molar-refractivity contribution in [2.75, 3.05) is 0 Å². The highest BCUT2D eigenvalue weighted by Crippen LogP contribution is 2.09. The Morgan fingerprint density at radius 1 is 1.12 bits per heavy atom. The molecular formula is C15H13NO. The van der Waals surface area contributed by atoms with Crippen LogP contribution in [0.4, 0.5) is 0 Å². The molecule has 0 spiro atoms. The monoisotopic (exact) mass is 223 g/mol. The standard InChI is InChI=1S/C15H13NO/c1-12(17)14-6-4-5-13(11-14)8-9-15-7-2-3-10-16-15/h2-11H,1H3/b9-8+. The third kappa shape index (κ3) is 3.11. The first-order chi connectivity index (χ1) is 8.25. The molecule has 0 aliphatic heterocycles. The lowest BCUT2D eigenvalue weighted by molar-refractivity contribution is 0.101. The third-order valence-electron chi connectivity index (χ3n) is 2.43. The van der Waals surface area contributed by atoms with Crippen molar-refractivity contribution in [1.29, 1.82) is 0 Å². The second-order valence-corrected chi connectivity index (χ2v) is 3.77. The highest BCUT2D eigenvalue weighted by Gasteiger charge is 1.98. The molecule has 2 heteroatoms. The van der Waals surface area contributed by atoms with Gasteiger partial charge in [0.1, 0.15) is 0 Å². The van der Waals surface area contributed by atoms with Crippen LogP contribution in [0, 0.1) is 0 Å². The zero-order valence-electron chi connectivity index (χ0n) is 9.63. The number of Topliss-reactive ketones (excluding diaryl/α,β-unsaturated/α-hetero) is 1. The smallest absolute Gasteiger partial charge is 0.159 e. The summed E-state index contributed by atoms with van der Waals surface area (Å²) in [5.74, 6) is 0.0816. The number of carbonyl (C=O) groups excluding carboxylic acids is 1. The lowest BCUT2D eigenvalue weighted by Gasteiger charge is -1.97. The van der Waals surface area contributed by atoms with Crippen LogP contribution in [-0.2, 0) is 0 Å². The van der Waals surface area contributed by atoms with Crippen LogP contribution in [0.2, 0.25) is 0 Å². The molecule has 1 heterocycles. The second-order valence-electron chi connectivity index (χ2n) is 3.77. The summed E-state index contributed by atoms with van der Waals surface area (Å²) in [4.78, 5) is 15.4. The van der Waals surface area contributed by atoms with E-state index in [2.05, 4.69) is 4.98 Å². The molecule has 1 aromatic carbocycles. The molecule has 0 unspecified atom stereocenters. The minimum atomic E-state index is 0.0816. The molecule has 2 nitrogen and oxygen atoms in total. The fraction of sp³-hybridized carbons (Fsp3) is 0.0667. The van der Waals surface area contributed by atoms with Crippen molar-refractivity contribution in [3.8, 4) is 0 Å². The minimum absolute atomic E-state index is 0.0816. The number of nitrogens with zero attached hydrogens (tertiary/aromatic N) is 1. The Morgan fingerprint density at radius 3 is 2.71 bits per heavy atom. The summed E-state index contributed by atoms with van der Waals surface area (Å²) >= 11 is 0. The van der Waals surface area contributed by atoms with Crippen molar-refractivity contribution in [2.45, 2.75) is 6.92 Å². The maximum Gasteiger partial charge on any atom is 0.159 e.